The van der Waals surface area contributed by atoms with E-state index in [1.54, 1.807) is 0 Å². The minimum atomic E-state index is -3.63. The number of hydrogen-bond acceptors (Lipinski definition) is 5. The molecule has 0 amide bonds. The van der Waals surface area contributed by atoms with Crippen molar-refractivity contribution in [1.82, 2.24) is 19.9 Å². The zero-order valence-corrected chi connectivity index (χ0v) is 15.6. The minimum absolute atomic E-state index is 0.122. The highest BCUT2D eigenvalue weighted by Gasteiger charge is 2.14. The van der Waals surface area contributed by atoms with E-state index in [0.29, 0.717) is 24.2 Å². The highest BCUT2D eigenvalue weighted by Crippen LogP contribution is 2.10. The van der Waals surface area contributed by atoms with Gasteiger partial charge in [0, 0.05) is 19.4 Å². The van der Waals surface area contributed by atoms with Gasteiger partial charge in [-0.1, -0.05) is 29.8 Å². The lowest BCUT2D eigenvalue weighted by Crippen LogP contribution is -2.26. The maximum atomic E-state index is 12.3. The first-order chi connectivity index (χ1) is 13.0. The molecule has 27 heavy (non-hydrogen) atoms. The highest BCUT2D eigenvalue weighted by molar-refractivity contribution is 7.89. The third-order valence-electron chi connectivity index (χ3n) is 3.97. The van der Waals surface area contributed by atoms with Crippen molar-refractivity contribution in [1.29, 1.82) is 5.26 Å². The molecule has 0 saturated heterocycles. The fourth-order valence-corrected chi connectivity index (χ4v) is 3.66. The number of nitriles is 1. The topological polar surface area (TPSA) is 112 Å². The van der Waals surface area contributed by atoms with Gasteiger partial charge < -0.3 is 0 Å². The predicted molar refractivity (Wildman–Crippen MR) is 100 cm³/mol. The molecule has 0 saturated carbocycles. The quantitative estimate of drug-likeness (QED) is 0.651. The summed E-state index contributed by atoms with van der Waals surface area (Å²) in [7, 11) is -3.63. The smallest absolute Gasteiger partial charge is 0.240 e. The van der Waals surface area contributed by atoms with Crippen LogP contribution in [0.1, 0.15) is 28.3 Å². The SMILES string of the molecule is Cc1cccc(Cc2nc(CCNS(=O)(=O)c3ccc(C#N)cc3)n[nH]2)c1. The third-order valence-corrected chi connectivity index (χ3v) is 5.44. The fourth-order valence-electron chi connectivity index (χ4n) is 2.63. The average molecular weight is 381 g/mol. The van der Waals surface area contributed by atoms with Crippen LogP contribution in [0.25, 0.3) is 0 Å². The second kappa shape index (κ2) is 8.12. The Morgan fingerprint density at radius 2 is 1.96 bits per heavy atom. The largest absolute Gasteiger partial charge is 0.263 e. The molecule has 0 spiro atoms. The molecule has 0 aliphatic carbocycles. The van der Waals surface area contributed by atoms with Gasteiger partial charge in [-0.05, 0) is 36.8 Å². The molecule has 0 aliphatic rings. The van der Waals surface area contributed by atoms with Gasteiger partial charge in [0.2, 0.25) is 10.0 Å². The summed E-state index contributed by atoms with van der Waals surface area (Å²) in [6, 6.07) is 15.9. The van der Waals surface area contributed by atoms with Crippen LogP contribution in [0.3, 0.4) is 0 Å². The Balaban J connectivity index is 1.56. The highest BCUT2D eigenvalue weighted by atomic mass is 32.2. The van der Waals surface area contributed by atoms with Crippen LogP contribution in [0.4, 0.5) is 0 Å². The van der Waals surface area contributed by atoms with Crippen molar-refractivity contribution >= 4 is 10.0 Å². The van der Waals surface area contributed by atoms with E-state index in [2.05, 4.69) is 26.0 Å². The molecule has 7 nitrogen and oxygen atoms in total. The molecule has 0 bridgehead atoms. The standard InChI is InChI=1S/C19H19N5O2S/c1-14-3-2-4-16(11-14)12-19-22-18(23-24-19)9-10-21-27(25,26)17-7-5-15(13-20)6-8-17/h2-8,11,21H,9-10,12H2,1H3,(H,22,23,24). The molecule has 3 aromatic rings. The number of aromatic nitrogens is 3. The summed E-state index contributed by atoms with van der Waals surface area (Å²) in [6.07, 6.45) is 1.02. The maximum absolute atomic E-state index is 12.3. The third kappa shape index (κ3) is 5.00. The monoisotopic (exact) mass is 381 g/mol. The van der Waals surface area contributed by atoms with Crippen molar-refractivity contribution in [2.24, 2.45) is 0 Å². The molecule has 1 aromatic heterocycles. The van der Waals surface area contributed by atoms with Crippen LogP contribution in [0.5, 0.6) is 0 Å². The van der Waals surface area contributed by atoms with Crippen molar-refractivity contribution in [2.75, 3.05) is 6.54 Å². The molecule has 1 heterocycles. The fraction of sp³-hybridized carbons (Fsp3) is 0.211. The molecular weight excluding hydrogens is 362 g/mol. The molecule has 138 valence electrons. The Kier molecular flexibility index (Phi) is 5.64. The molecule has 0 atom stereocenters. The summed E-state index contributed by atoms with van der Waals surface area (Å²) in [5, 5.41) is 15.8. The van der Waals surface area contributed by atoms with Crippen molar-refractivity contribution in [2.45, 2.75) is 24.7 Å². The van der Waals surface area contributed by atoms with Crippen LogP contribution in [0, 0.1) is 18.3 Å². The van der Waals surface area contributed by atoms with Crippen molar-refractivity contribution in [3.05, 3.63) is 76.9 Å². The van der Waals surface area contributed by atoms with E-state index in [1.807, 2.05) is 31.2 Å². The number of nitrogens with one attached hydrogen (secondary N) is 2. The molecular formula is C19H19N5O2S. The van der Waals surface area contributed by atoms with E-state index in [-0.39, 0.29) is 11.4 Å². The first-order valence-electron chi connectivity index (χ1n) is 8.42. The number of aromatic amines is 1. The lowest BCUT2D eigenvalue weighted by Gasteiger charge is -2.05. The number of rotatable bonds is 7. The number of H-pyrrole nitrogens is 1. The van der Waals surface area contributed by atoms with Gasteiger partial charge in [-0.25, -0.2) is 18.1 Å². The maximum Gasteiger partial charge on any atom is 0.240 e. The minimum Gasteiger partial charge on any atom is -0.263 e. The second-order valence-electron chi connectivity index (χ2n) is 6.15. The molecule has 0 aliphatic heterocycles. The first-order valence-corrected chi connectivity index (χ1v) is 9.90. The number of sulfonamides is 1. The summed E-state index contributed by atoms with van der Waals surface area (Å²) >= 11 is 0. The van der Waals surface area contributed by atoms with Crippen LogP contribution < -0.4 is 4.72 Å². The van der Waals surface area contributed by atoms with Crippen LogP contribution in [0.15, 0.2) is 53.4 Å². The molecule has 8 heteroatoms. The Hall–Kier alpha value is -3.02. The molecule has 0 unspecified atom stereocenters. The van der Waals surface area contributed by atoms with Crippen molar-refractivity contribution < 1.29 is 8.42 Å². The van der Waals surface area contributed by atoms with Crippen molar-refractivity contribution in [3.63, 3.8) is 0 Å². The Labute approximate surface area is 158 Å². The lowest BCUT2D eigenvalue weighted by atomic mass is 10.1. The van der Waals surface area contributed by atoms with Crippen LogP contribution in [-0.2, 0) is 22.9 Å². The lowest BCUT2D eigenvalue weighted by molar-refractivity contribution is 0.581. The number of aryl methyl sites for hydroxylation is 1. The molecule has 3 rings (SSSR count). The van der Waals surface area contributed by atoms with E-state index in [9.17, 15) is 8.42 Å². The zero-order valence-electron chi connectivity index (χ0n) is 14.8. The van der Waals surface area contributed by atoms with E-state index in [1.165, 1.54) is 29.8 Å². The Bertz CT molecular complexity index is 1070. The van der Waals surface area contributed by atoms with E-state index < -0.39 is 10.0 Å². The van der Waals surface area contributed by atoms with Crippen LogP contribution >= 0.6 is 0 Å². The predicted octanol–water partition coefficient (Wildman–Crippen LogP) is 2.10. The summed E-state index contributed by atoms with van der Waals surface area (Å²) in [5.74, 6) is 1.30. The molecule has 0 radical (unpaired) electrons. The van der Waals surface area contributed by atoms with Gasteiger partial charge in [-0.15, -0.1) is 0 Å². The normalized spacial score (nSPS) is 11.3. The van der Waals surface area contributed by atoms with Gasteiger partial charge in [-0.3, -0.25) is 5.10 Å². The molecule has 0 fully saturated rings. The summed E-state index contributed by atoms with van der Waals surface area (Å²) in [4.78, 5) is 4.53. The molecule has 2 N–H and O–H groups in total. The first kappa shape index (κ1) is 18.8. The zero-order chi connectivity index (χ0) is 19.3. The van der Waals surface area contributed by atoms with E-state index in [0.717, 1.165) is 11.4 Å². The van der Waals surface area contributed by atoms with Gasteiger partial charge in [0.25, 0.3) is 0 Å². The second-order valence-corrected chi connectivity index (χ2v) is 7.92. The van der Waals surface area contributed by atoms with E-state index in [4.69, 9.17) is 5.26 Å². The van der Waals surface area contributed by atoms with Crippen LogP contribution in [0.2, 0.25) is 0 Å². The number of nitrogens with zero attached hydrogens (tertiary/aromatic N) is 3. The van der Waals surface area contributed by atoms with Crippen LogP contribution in [-0.4, -0.2) is 30.1 Å². The average Bonchev–Trinajstić information content (AvgIpc) is 3.09. The number of benzene rings is 2. The summed E-state index contributed by atoms with van der Waals surface area (Å²) < 4.78 is 27.0. The number of hydrogen-bond donors (Lipinski definition) is 2. The van der Waals surface area contributed by atoms with Gasteiger partial charge in [0.05, 0.1) is 16.5 Å². The Morgan fingerprint density at radius 1 is 1.19 bits per heavy atom. The van der Waals surface area contributed by atoms with E-state index >= 15 is 0 Å². The van der Waals surface area contributed by atoms with Crippen molar-refractivity contribution in [3.8, 4) is 6.07 Å². The van der Waals surface area contributed by atoms with Gasteiger partial charge in [-0.2, -0.15) is 10.4 Å². The van der Waals surface area contributed by atoms with Gasteiger partial charge in [0.15, 0.2) is 5.82 Å². The Morgan fingerprint density at radius 3 is 2.67 bits per heavy atom. The van der Waals surface area contributed by atoms with Gasteiger partial charge >= 0.3 is 0 Å². The summed E-state index contributed by atoms with van der Waals surface area (Å²) in [5.41, 5.74) is 2.74. The van der Waals surface area contributed by atoms with Gasteiger partial charge in [0.1, 0.15) is 5.82 Å². The summed E-state index contributed by atoms with van der Waals surface area (Å²) in [6.45, 7) is 2.22. The molecule has 2 aromatic carbocycles.